The van der Waals surface area contributed by atoms with E-state index < -0.39 is 23.1 Å². The predicted octanol–water partition coefficient (Wildman–Crippen LogP) is 4.05. The van der Waals surface area contributed by atoms with Gasteiger partial charge in [-0.2, -0.15) is 18.3 Å². The Morgan fingerprint density at radius 1 is 1.13 bits per heavy atom. The van der Waals surface area contributed by atoms with Gasteiger partial charge in [-0.15, -0.1) is 5.10 Å². The molecule has 2 aliphatic rings. The summed E-state index contributed by atoms with van der Waals surface area (Å²) in [4.78, 5) is 19.5. The molecule has 3 aromatic heterocycles. The van der Waals surface area contributed by atoms with Gasteiger partial charge in [-0.25, -0.2) is 14.1 Å². The molecule has 2 fully saturated rings. The molecule has 9 nitrogen and oxygen atoms in total. The van der Waals surface area contributed by atoms with Crippen molar-refractivity contribution in [2.45, 2.75) is 44.2 Å². The number of aryl methyl sites for hydroxylation is 1. The van der Waals surface area contributed by atoms with Gasteiger partial charge in [-0.05, 0) is 44.0 Å². The van der Waals surface area contributed by atoms with E-state index in [9.17, 15) is 18.0 Å². The molecular formula is C25H23F4N7O2. The number of hydrogen-bond donors (Lipinski definition) is 0. The summed E-state index contributed by atoms with van der Waals surface area (Å²) in [6, 6.07) is 4.16. The van der Waals surface area contributed by atoms with Crippen molar-refractivity contribution < 1.29 is 22.3 Å². The Hall–Kier alpha value is -3.87. The van der Waals surface area contributed by atoms with Gasteiger partial charge >= 0.3 is 6.18 Å². The van der Waals surface area contributed by atoms with E-state index in [-0.39, 0.29) is 34.4 Å². The molecule has 6 rings (SSSR count). The van der Waals surface area contributed by atoms with Crippen molar-refractivity contribution in [3.63, 3.8) is 0 Å². The second kappa shape index (κ2) is 8.86. The molecule has 0 spiro atoms. The van der Waals surface area contributed by atoms with Gasteiger partial charge in [0, 0.05) is 30.9 Å². The smallest absolute Gasteiger partial charge is 0.367 e. The number of pyridine rings is 1. The van der Waals surface area contributed by atoms with Gasteiger partial charge in [-0.3, -0.25) is 9.48 Å². The molecule has 0 radical (unpaired) electrons. The summed E-state index contributed by atoms with van der Waals surface area (Å²) in [5.41, 5.74) is -0.986. The maximum atomic E-state index is 15.1. The molecule has 4 aromatic rings. The molecule has 198 valence electrons. The molecule has 0 bridgehead atoms. The minimum atomic E-state index is -4.71. The highest BCUT2D eigenvalue weighted by molar-refractivity contribution is 5.92. The molecule has 1 aliphatic heterocycles. The zero-order chi connectivity index (χ0) is 26.8. The summed E-state index contributed by atoms with van der Waals surface area (Å²) in [7, 11) is 1.43. The highest BCUT2D eigenvalue weighted by atomic mass is 19.4. The molecular weight excluding hydrogens is 506 g/mol. The van der Waals surface area contributed by atoms with Crippen molar-refractivity contribution in [3.05, 3.63) is 64.0 Å². The molecule has 1 aliphatic carbocycles. The van der Waals surface area contributed by atoms with Crippen LogP contribution >= 0.6 is 0 Å². The molecule has 0 N–H and O–H groups in total. The number of alkyl halides is 3. The molecule has 4 heterocycles. The third kappa shape index (κ3) is 4.40. The van der Waals surface area contributed by atoms with Crippen LogP contribution in [0.15, 0.2) is 41.5 Å². The molecule has 1 saturated carbocycles. The summed E-state index contributed by atoms with van der Waals surface area (Å²) in [6.45, 7) is 2.72. The predicted molar refractivity (Wildman–Crippen MR) is 129 cm³/mol. The lowest BCUT2D eigenvalue weighted by atomic mass is 10.0. The average Bonchev–Trinajstić information content (AvgIpc) is 3.61. The van der Waals surface area contributed by atoms with E-state index in [1.165, 1.54) is 7.05 Å². The molecule has 1 saturated heterocycles. The van der Waals surface area contributed by atoms with Crippen molar-refractivity contribution >= 4 is 16.7 Å². The number of aromatic nitrogens is 6. The zero-order valence-electron chi connectivity index (χ0n) is 20.5. The van der Waals surface area contributed by atoms with Crippen LogP contribution in [0.2, 0.25) is 0 Å². The number of rotatable bonds is 4. The fraction of sp³-hybridized carbons (Fsp3) is 0.400. The Kier molecular flexibility index (Phi) is 5.70. The number of fused-ring (bicyclic) bond motifs is 1. The van der Waals surface area contributed by atoms with E-state index in [1.807, 2.05) is 22.7 Å². The number of ether oxygens (including phenoxy) is 1. The number of benzene rings is 1. The molecule has 0 amide bonds. The molecule has 1 aromatic carbocycles. The lowest BCUT2D eigenvalue weighted by molar-refractivity contribution is -0.137. The van der Waals surface area contributed by atoms with E-state index in [2.05, 4.69) is 20.4 Å². The Balaban J connectivity index is 1.44. The molecule has 0 unspecified atom stereocenters. The maximum Gasteiger partial charge on any atom is 0.416 e. The van der Waals surface area contributed by atoms with Crippen molar-refractivity contribution in [3.8, 4) is 11.3 Å². The Morgan fingerprint density at radius 2 is 1.92 bits per heavy atom. The van der Waals surface area contributed by atoms with Crippen LogP contribution in [0.1, 0.15) is 43.0 Å². The number of halogens is 4. The van der Waals surface area contributed by atoms with Gasteiger partial charge in [0.05, 0.1) is 35.8 Å². The molecule has 13 heteroatoms. The van der Waals surface area contributed by atoms with E-state index in [1.54, 1.807) is 12.3 Å². The maximum absolute atomic E-state index is 15.1. The number of nitrogens with zero attached hydrogens (tertiary/aromatic N) is 7. The summed E-state index contributed by atoms with van der Waals surface area (Å²) < 4.78 is 63.6. The van der Waals surface area contributed by atoms with Crippen molar-refractivity contribution in [1.82, 2.24) is 29.8 Å². The highest BCUT2D eigenvalue weighted by Gasteiger charge is 2.33. The van der Waals surface area contributed by atoms with Crippen molar-refractivity contribution in [1.29, 1.82) is 0 Å². The third-order valence-corrected chi connectivity index (χ3v) is 6.83. The Labute approximate surface area is 213 Å². The number of morpholine rings is 1. The summed E-state index contributed by atoms with van der Waals surface area (Å²) >= 11 is 0. The summed E-state index contributed by atoms with van der Waals surface area (Å²) in [5.74, 6) is -0.777. The van der Waals surface area contributed by atoms with Gasteiger partial charge in [0.15, 0.2) is 0 Å². The minimum Gasteiger partial charge on any atom is -0.367 e. The van der Waals surface area contributed by atoms with E-state index in [0.29, 0.717) is 31.0 Å². The van der Waals surface area contributed by atoms with Crippen LogP contribution in [-0.4, -0.2) is 49.0 Å². The van der Waals surface area contributed by atoms with Crippen LogP contribution in [0.4, 0.5) is 23.4 Å². The SMILES string of the molecule is C[C@@H]1CN(c2cc3c(=O)n(C)nnc3c(-c3ccc(C(F)(F)F)cc3F)n2)C[C@H](c2cnn(C3CC3)c2)O1. The topological polar surface area (TPSA) is 91.0 Å². The quantitative estimate of drug-likeness (QED) is 0.369. The van der Waals surface area contributed by atoms with Crippen molar-refractivity contribution in [2.24, 2.45) is 7.05 Å². The normalized spacial score (nSPS) is 20.3. The Morgan fingerprint density at radius 3 is 2.63 bits per heavy atom. The largest absolute Gasteiger partial charge is 0.416 e. The van der Waals surface area contributed by atoms with E-state index >= 15 is 4.39 Å². The fourth-order valence-corrected chi connectivity index (χ4v) is 4.73. The number of anilines is 1. The van der Waals surface area contributed by atoms with Crippen LogP contribution in [0.3, 0.4) is 0 Å². The number of hydrogen-bond acceptors (Lipinski definition) is 7. The highest BCUT2D eigenvalue weighted by Crippen LogP contribution is 2.37. The van der Waals surface area contributed by atoms with Crippen molar-refractivity contribution in [2.75, 3.05) is 18.0 Å². The monoisotopic (exact) mass is 529 g/mol. The first kappa shape index (κ1) is 24.5. The lowest BCUT2D eigenvalue weighted by Crippen LogP contribution is -2.43. The van der Waals surface area contributed by atoms with Crippen LogP contribution < -0.4 is 10.5 Å². The first-order valence-corrected chi connectivity index (χ1v) is 12.1. The molecule has 2 atom stereocenters. The zero-order valence-corrected chi connectivity index (χ0v) is 20.5. The van der Waals surface area contributed by atoms with Gasteiger partial charge < -0.3 is 9.64 Å². The van der Waals surface area contributed by atoms with Crippen LogP contribution in [0, 0.1) is 5.82 Å². The average molecular weight is 529 g/mol. The van der Waals surface area contributed by atoms with Crippen LogP contribution in [-0.2, 0) is 18.0 Å². The first-order valence-electron chi connectivity index (χ1n) is 12.1. The second-order valence-corrected chi connectivity index (χ2v) is 9.76. The molecule has 38 heavy (non-hydrogen) atoms. The standard InChI is InChI=1S/C25H23F4N7O2/c1-13-10-35(12-20(38-13)14-9-30-36(11-14)16-4-5-16)21-8-18-23(32-33-34(2)24(18)37)22(31-21)17-6-3-15(7-19(17)26)25(27,28)29/h3,6-9,11,13,16,20H,4-5,10,12H2,1-2H3/t13-,20-/m1/s1. The first-order chi connectivity index (χ1) is 18.1. The minimum absolute atomic E-state index is 0.000855. The summed E-state index contributed by atoms with van der Waals surface area (Å²) in [6.07, 6.45) is 0.698. The second-order valence-electron chi connectivity index (χ2n) is 9.76. The van der Waals surface area contributed by atoms with Gasteiger partial charge in [0.25, 0.3) is 5.56 Å². The Bertz CT molecular complexity index is 1600. The van der Waals surface area contributed by atoms with E-state index in [4.69, 9.17) is 4.74 Å². The van der Waals surface area contributed by atoms with Gasteiger partial charge in [0.2, 0.25) is 0 Å². The summed E-state index contributed by atoms with van der Waals surface area (Å²) in [5, 5.41) is 12.4. The van der Waals surface area contributed by atoms with Crippen LogP contribution in [0.25, 0.3) is 22.2 Å². The van der Waals surface area contributed by atoms with Gasteiger partial charge in [0.1, 0.15) is 28.9 Å². The van der Waals surface area contributed by atoms with E-state index in [0.717, 1.165) is 35.2 Å². The lowest BCUT2D eigenvalue weighted by Gasteiger charge is -2.37. The fourth-order valence-electron chi connectivity index (χ4n) is 4.73. The third-order valence-electron chi connectivity index (χ3n) is 6.83. The van der Waals surface area contributed by atoms with Crippen LogP contribution in [0.5, 0.6) is 0 Å². The van der Waals surface area contributed by atoms with Gasteiger partial charge in [-0.1, -0.05) is 5.21 Å².